The zero-order chi connectivity index (χ0) is 18.1. The van der Waals surface area contributed by atoms with Gasteiger partial charge in [-0.3, -0.25) is 14.7 Å². The van der Waals surface area contributed by atoms with Crippen LogP contribution in [-0.2, 0) is 19.5 Å². The number of aromatic amines is 1. The number of rotatable bonds is 3. The van der Waals surface area contributed by atoms with Crippen molar-refractivity contribution in [2.45, 2.75) is 39.3 Å². The fourth-order valence-corrected chi connectivity index (χ4v) is 4.02. The highest BCUT2D eigenvalue weighted by Crippen LogP contribution is 2.24. The van der Waals surface area contributed by atoms with E-state index in [2.05, 4.69) is 21.7 Å². The summed E-state index contributed by atoms with van der Waals surface area (Å²) in [5, 5.41) is 9.98. The maximum atomic E-state index is 12.7. The van der Waals surface area contributed by atoms with Crippen molar-refractivity contribution in [3.63, 3.8) is 0 Å². The predicted octanol–water partition coefficient (Wildman–Crippen LogP) is 2.27. The number of piperidine rings is 1. The van der Waals surface area contributed by atoms with Gasteiger partial charge in [0.1, 0.15) is 5.75 Å². The van der Waals surface area contributed by atoms with Crippen LogP contribution in [-0.4, -0.2) is 39.6 Å². The number of nitrogens with zero attached hydrogens (tertiary/aromatic N) is 3. The Hall–Kier alpha value is -2.34. The van der Waals surface area contributed by atoms with Crippen molar-refractivity contribution in [3.8, 4) is 5.75 Å². The molecule has 2 aromatic rings. The average Bonchev–Trinajstić information content (AvgIpc) is 2.64. The monoisotopic (exact) mass is 354 g/mol. The molecule has 4 rings (SSSR count). The number of anilines is 1. The molecule has 1 fully saturated rings. The molecule has 2 N–H and O–H groups in total. The van der Waals surface area contributed by atoms with Crippen LogP contribution in [0.25, 0.3) is 0 Å². The number of H-pyrrole nitrogens is 1. The summed E-state index contributed by atoms with van der Waals surface area (Å²) >= 11 is 0. The maximum absolute atomic E-state index is 12.7. The molecule has 0 unspecified atom stereocenters. The molecule has 1 atom stereocenters. The van der Waals surface area contributed by atoms with Crippen LogP contribution >= 0.6 is 0 Å². The predicted molar refractivity (Wildman–Crippen MR) is 101 cm³/mol. The van der Waals surface area contributed by atoms with Crippen LogP contribution in [0.5, 0.6) is 5.75 Å². The van der Waals surface area contributed by atoms with Crippen molar-refractivity contribution in [1.82, 2.24) is 14.9 Å². The summed E-state index contributed by atoms with van der Waals surface area (Å²) < 4.78 is 0. The molecule has 138 valence electrons. The highest BCUT2D eigenvalue weighted by atomic mass is 16.3. The Morgan fingerprint density at radius 3 is 2.96 bits per heavy atom. The lowest BCUT2D eigenvalue weighted by atomic mass is 10.0. The van der Waals surface area contributed by atoms with Crippen LogP contribution < -0.4 is 10.5 Å². The van der Waals surface area contributed by atoms with E-state index in [9.17, 15) is 9.90 Å². The first-order chi connectivity index (χ1) is 12.6. The van der Waals surface area contributed by atoms with Gasteiger partial charge >= 0.3 is 0 Å². The highest BCUT2D eigenvalue weighted by molar-refractivity contribution is 5.36. The van der Waals surface area contributed by atoms with Crippen molar-refractivity contribution >= 4 is 5.95 Å². The largest absolute Gasteiger partial charge is 0.508 e. The fourth-order valence-electron chi connectivity index (χ4n) is 4.02. The van der Waals surface area contributed by atoms with Crippen LogP contribution in [0, 0.1) is 5.92 Å². The van der Waals surface area contributed by atoms with Crippen LogP contribution in [0.1, 0.15) is 36.6 Å². The molecular formula is C20H26N4O2. The second-order valence-electron chi connectivity index (χ2n) is 7.60. The van der Waals surface area contributed by atoms with Crippen LogP contribution in [0.3, 0.4) is 0 Å². The summed E-state index contributed by atoms with van der Waals surface area (Å²) in [5.41, 5.74) is 2.56. The highest BCUT2D eigenvalue weighted by Gasteiger charge is 2.24. The maximum Gasteiger partial charge on any atom is 0.257 e. The van der Waals surface area contributed by atoms with Gasteiger partial charge in [0.25, 0.3) is 5.56 Å². The van der Waals surface area contributed by atoms with Gasteiger partial charge in [0.15, 0.2) is 0 Å². The topological polar surface area (TPSA) is 72.5 Å². The zero-order valence-electron chi connectivity index (χ0n) is 15.2. The number of aromatic hydroxyl groups is 1. The number of phenolic OH excluding ortho intramolecular Hbond substituents is 1. The van der Waals surface area contributed by atoms with E-state index in [1.807, 2.05) is 18.2 Å². The molecule has 3 heterocycles. The first-order valence-corrected chi connectivity index (χ1v) is 9.46. The molecule has 0 amide bonds. The molecule has 26 heavy (non-hydrogen) atoms. The number of hydrogen-bond acceptors (Lipinski definition) is 5. The van der Waals surface area contributed by atoms with Gasteiger partial charge in [-0.05, 0) is 24.8 Å². The lowest BCUT2D eigenvalue weighted by Gasteiger charge is -2.33. The van der Waals surface area contributed by atoms with Crippen LogP contribution in [0.4, 0.5) is 5.95 Å². The number of hydrogen-bond donors (Lipinski definition) is 2. The van der Waals surface area contributed by atoms with Gasteiger partial charge in [-0.1, -0.05) is 25.1 Å². The minimum Gasteiger partial charge on any atom is -0.508 e. The Bertz CT molecular complexity index is 848. The van der Waals surface area contributed by atoms with E-state index in [-0.39, 0.29) is 5.56 Å². The van der Waals surface area contributed by atoms with E-state index in [1.165, 1.54) is 6.42 Å². The molecule has 0 aliphatic carbocycles. The Labute approximate surface area is 153 Å². The van der Waals surface area contributed by atoms with Gasteiger partial charge in [-0.25, -0.2) is 4.98 Å². The number of nitrogens with one attached hydrogen (secondary N) is 1. The molecule has 6 heteroatoms. The van der Waals surface area contributed by atoms with Gasteiger partial charge in [-0.2, -0.15) is 0 Å². The smallest absolute Gasteiger partial charge is 0.257 e. The van der Waals surface area contributed by atoms with Crippen molar-refractivity contribution in [2.75, 3.05) is 24.5 Å². The Morgan fingerprint density at radius 2 is 2.15 bits per heavy atom. The lowest BCUT2D eigenvalue weighted by molar-refractivity contribution is 0.238. The summed E-state index contributed by atoms with van der Waals surface area (Å²) in [7, 11) is 0. The lowest BCUT2D eigenvalue weighted by Crippen LogP contribution is -2.39. The summed E-state index contributed by atoms with van der Waals surface area (Å²) in [6.45, 7) is 6.22. The van der Waals surface area contributed by atoms with E-state index >= 15 is 0 Å². The fraction of sp³-hybridized carbons (Fsp3) is 0.500. The Morgan fingerprint density at radius 1 is 1.31 bits per heavy atom. The summed E-state index contributed by atoms with van der Waals surface area (Å²) in [6.07, 6.45) is 3.16. The number of para-hydroxylation sites is 1. The molecule has 1 aromatic carbocycles. The number of fused-ring (bicyclic) bond motifs is 1. The average molecular weight is 354 g/mol. The van der Waals surface area contributed by atoms with Crippen molar-refractivity contribution in [3.05, 3.63) is 51.4 Å². The second-order valence-corrected chi connectivity index (χ2v) is 7.60. The summed E-state index contributed by atoms with van der Waals surface area (Å²) in [5.74, 6) is 1.67. The number of benzene rings is 1. The molecule has 0 radical (unpaired) electrons. The van der Waals surface area contributed by atoms with Gasteiger partial charge in [0, 0.05) is 44.7 Å². The first kappa shape index (κ1) is 17.1. The molecule has 6 nitrogen and oxygen atoms in total. The Balaban J connectivity index is 1.53. The summed E-state index contributed by atoms with van der Waals surface area (Å²) in [4.78, 5) is 24.9. The standard InChI is InChI=1S/C20H26N4O2/c1-14-5-4-9-24(11-14)20-21-17-8-10-23(13-16(17)19(26)22-20)12-15-6-2-3-7-18(15)25/h2-3,6-7,14,25H,4-5,8-13H2,1H3,(H,21,22,26)/t14-/m1/s1. The molecule has 0 spiro atoms. The van der Waals surface area contributed by atoms with Gasteiger partial charge in [0.05, 0.1) is 11.3 Å². The molecular weight excluding hydrogens is 328 g/mol. The van der Waals surface area contributed by atoms with E-state index in [0.717, 1.165) is 55.2 Å². The van der Waals surface area contributed by atoms with Crippen molar-refractivity contribution < 1.29 is 5.11 Å². The Kier molecular flexibility index (Phi) is 4.68. The van der Waals surface area contributed by atoms with E-state index in [4.69, 9.17) is 4.98 Å². The minimum atomic E-state index is -0.0230. The van der Waals surface area contributed by atoms with Gasteiger partial charge in [-0.15, -0.1) is 0 Å². The van der Waals surface area contributed by atoms with Crippen molar-refractivity contribution in [2.24, 2.45) is 5.92 Å². The SMILES string of the molecule is C[C@@H]1CCCN(c2nc3c(c(=O)[nH]2)CN(Cc2ccccc2O)CC3)C1. The van der Waals surface area contributed by atoms with Crippen molar-refractivity contribution in [1.29, 1.82) is 0 Å². The van der Waals surface area contributed by atoms with E-state index in [1.54, 1.807) is 6.07 Å². The zero-order valence-corrected chi connectivity index (χ0v) is 15.2. The number of phenols is 1. The minimum absolute atomic E-state index is 0.0230. The quantitative estimate of drug-likeness (QED) is 0.885. The molecule has 0 bridgehead atoms. The molecule has 1 saturated heterocycles. The molecule has 1 aromatic heterocycles. The third-order valence-corrected chi connectivity index (χ3v) is 5.48. The number of aromatic nitrogens is 2. The first-order valence-electron chi connectivity index (χ1n) is 9.46. The van der Waals surface area contributed by atoms with Crippen LogP contribution in [0.15, 0.2) is 29.1 Å². The summed E-state index contributed by atoms with van der Waals surface area (Å²) in [6, 6.07) is 7.37. The third kappa shape index (κ3) is 3.46. The molecule has 2 aliphatic heterocycles. The van der Waals surface area contributed by atoms with Gasteiger partial charge in [0.2, 0.25) is 5.95 Å². The van der Waals surface area contributed by atoms with Crippen LogP contribution in [0.2, 0.25) is 0 Å². The van der Waals surface area contributed by atoms with E-state index in [0.29, 0.717) is 24.8 Å². The van der Waals surface area contributed by atoms with E-state index < -0.39 is 0 Å². The second kappa shape index (κ2) is 7.11. The third-order valence-electron chi connectivity index (χ3n) is 5.48. The normalized spacial score (nSPS) is 20.8. The van der Waals surface area contributed by atoms with Gasteiger partial charge < -0.3 is 10.0 Å². The molecule has 2 aliphatic rings. The molecule has 0 saturated carbocycles.